The van der Waals surface area contributed by atoms with Crippen LogP contribution in [-0.2, 0) is 19.1 Å². The van der Waals surface area contributed by atoms with Crippen LogP contribution in [0.5, 0.6) is 0 Å². The molecule has 2 aliphatic heterocycles. The fourth-order valence-corrected chi connectivity index (χ4v) is 5.04. The first-order chi connectivity index (χ1) is 15.1. The fourth-order valence-electron chi connectivity index (χ4n) is 3.79. The van der Waals surface area contributed by atoms with Crippen molar-refractivity contribution in [1.82, 2.24) is 10.2 Å². The third-order valence-electron chi connectivity index (χ3n) is 5.18. The van der Waals surface area contributed by atoms with Crippen molar-refractivity contribution >= 4 is 35.5 Å². The monoisotopic (exact) mass is 462 g/mol. The largest absolute Gasteiger partial charge is 0.465 e. The summed E-state index contributed by atoms with van der Waals surface area (Å²) < 4.78 is 10.6. The topological polar surface area (TPSA) is 102 Å². The highest BCUT2D eigenvalue weighted by Crippen LogP contribution is 2.29. The lowest BCUT2D eigenvalue weighted by Gasteiger charge is -2.29. The minimum atomic E-state index is -1.01. The van der Waals surface area contributed by atoms with Gasteiger partial charge in [0.15, 0.2) is 0 Å². The van der Waals surface area contributed by atoms with Crippen molar-refractivity contribution < 1.29 is 28.7 Å². The molecule has 3 rings (SSSR count). The standard InChI is InChI=1S/C23H30N2O6S/c1-5-30-21(28)16-13-32-18(24-16)12-8-11-17(22(29)31-23(2,3)4)25-19(26)14-9-6-7-10-15(14)20(25)27/h6-7,9-10,16-18,24H,5,8,11-13H2,1-4H3. The highest BCUT2D eigenvalue weighted by atomic mass is 32.2. The van der Waals surface area contributed by atoms with E-state index < -0.39 is 29.4 Å². The second-order valence-corrected chi connectivity index (χ2v) is 10.0. The predicted octanol–water partition coefficient (Wildman–Crippen LogP) is 2.76. The van der Waals surface area contributed by atoms with Crippen LogP contribution in [0.1, 0.15) is 67.7 Å². The van der Waals surface area contributed by atoms with Gasteiger partial charge < -0.3 is 9.47 Å². The second kappa shape index (κ2) is 10.0. The van der Waals surface area contributed by atoms with E-state index in [1.807, 2.05) is 0 Å². The summed E-state index contributed by atoms with van der Waals surface area (Å²) in [6, 6.07) is 5.22. The zero-order valence-electron chi connectivity index (χ0n) is 18.9. The molecular weight excluding hydrogens is 432 g/mol. The average molecular weight is 463 g/mol. The van der Waals surface area contributed by atoms with E-state index in [9.17, 15) is 19.2 Å². The SMILES string of the molecule is CCOC(=O)C1CSC(CCCC(C(=O)OC(C)(C)C)N2C(=O)c3ccccc3C2=O)N1. The molecule has 32 heavy (non-hydrogen) atoms. The fraction of sp³-hybridized carbons (Fsp3) is 0.565. The van der Waals surface area contributed by atoms with Crippen LogP contribution in [0, 0.1) is 0 Å². The zero-order valence-corrected chi connectivity index (χ0v) is 19.7. The molecule has 2 heterocycles. The molecule has 174 valence electrons. The lowest BCUT2D eigenvalue weighted by Crippen LogP contribution is -2.47. The van der Waals surface area contributed by atoms with Crippen LogP contribution in [-0.4, -0.2) is 64.1 Å². The van der Waals surface area contributed by atoms with Crippen molar-refractivity contribution in [2.45, 2.75) is 70.0 Å². The first-order valence-corrected chi connectivity index (χ1v) is 11.9. The summed E-state index contributed by atoms with van der Waals surface area (Å²) in [5, 5.41) is 3.28. The Hall–Kier alpha value is -2.39. The lowest BCUT2D eigenvalue weighted by atomic mass is 10.1. The number of nitrogens with zero attached hydrogens (tertiary/aromatic N) is 1. The van der Waals surface area contributed by atoms with Gasteiger partial charge in [0.05, 0.1) is 23.1 Å². The number of imide groups is 1. The molecule has 1 aromatic rings. The molecule has 0 aliphatic carbocycles. The van der Waals surface area contributed by atoms with Crippen molar-refractivity contribution in [3.05, 3.63) is 35.4 Å². The highest BCUT2D eigenvalue weighted by molar-refractivity contribution is 8.00. The van der Waals surface area contributed by atoms with Gasteiger partial charge in [0.1, 0.15) is 17.7 Å². The summed E-state index contributed by atoms with van der Waals surface area (Å²) >= 11 is 1.62. The van der Waals surface area contributed by atoms with E-state index in [1.54, 1.807) is 63.7 Å². The molecule has 0 bridgehead atoms. The van der Waals surface area contributed by atoms with Gasteiger partial charge in [-0.3, -0.25) is 24.6 Å². The lowest BCUT2D eigenvalue weighted by molar-refractivity contribution is -0.160. The molecule has 0 spiro atoms. The second-order valence-electron chi connectivity index (χ2n) is 8.80. The Morgan fingerprint density at radius 2 is 1.81 bits per heavy atom. The number of benzene rings is 1. The maximum Gasteiger partial charge on any atom is 0.329 e. The van der Waals surface area contributed by atoms with Crippen molar-refractivity contribution in [2.75, 3.05) is 12.4 Å². The smallest absolute Gasteiger partial charge is 0.329 e. The Morgan fingerprint density at radius 1 is 1.19 bits per heavy atom. The normalized spacial score (nSPS) is 21.4. The van der Waals surface area contributed by atoms with Gasteiger partial charge in [0.25, 0.3) is 11.8 Å². The van der Waals surface area contributed by atoms with Gasteiger partial charge in [-0.15, -0.1) is 11.8 Å². The van der Waals surface area contributed by atoms with Crippen LogP contribution < -0.4 is 5.32 Å². The number of nitrogens with one attached hydrogen (secondary N) is 1. The Balaban J connectivity index is 1.67. The van der Waals surface area contributed by atoms with Crippen molar-refractivity contribution in [2.24, 2.45) is 0 Å². The first kappa shape index (κ1) is 24.3. The van der Waals surface area contributed by atoms with Gasteiger partial charge in [-0.2, -0.15) is 0 Å². The van der Waals surface area contributed by atoms with Crippen molar-refractivity contribution in [1.29, 1.82) is 0 Å². The minimum absolute atomic E-state index is 0.0332. The number of hydrogen-bond acceptors (Lipinski definition) is 8. The first-order valence-electron chi connectivity index (χ1n) is 10.9. The number of esters is 2. The minimum Gasteiger partial charge on any atom is -0.465 e. The van der Waals surface area contributed by atoms with E-state index in [4.69, 9.17) is 9.47 Å². The van der Waals surface area contributed by atoms with Crippen LogP contribution in [0.2, 0.25) is 0 Å². The summed E-state index contributed by atoms with van der Waals surface area (Å²) in [7, 11) is 0. The van der Waals surface area contributed by atoms with Crippen LogP contribution in [0.25, 0.3) is 0 Å². The average Bonchev–Trinajstić information content (AvgIpc) is 3.29. The Labute approximate surface area is 192 Å². The molecule has 1 N–H and O–H groups in total. The molecule has 1 saturated heterocycles. The maximum absolute atomic E-state index is 13.0. The molecule has 0 aromatic heterocycles. The molecule has 1 aromatic carbocycles. The number of fused-ring (bicyclic) bond motifs is 1. The number of carbonyl (C=O) groups excluding carboxylic acids is 4. The van der Waals surface area contributed by atoms with E-state index in [2.05, 4.69) is 5.32 Å². The molecule has 9 heteroatoms. The van der Waals surface area contributed by atoms with Crippen LogP contribution in [0.3, 0.4) is 0 Å². The quantitative estimate of drug-likeness (QED) is 0.465. The van der Waals surface area contributed by atoms with Gasteiger partial charge in [0, 0.05) is 5.75 Å². The van der Waals surface area contributed by atoms with Gasteiger partial charge in [-0.05, 0) is 59.1 Å². The molecule has 8 nitrogen and oxygen atoms in total. The molecule has 3 unspecified atom stereocenters. The molecule has 1 fully saturated rings. The number of thioether (sulfide) groups is 1. The molecule has 2 aliphatic rings. The zero-order chi connectivity index (χ0) is 23.5. The summed E-state index contributed by atoms with van der Waals surface area (Å²) in [5.74, 6) is -1.18. The van der Waals surface area contributed by atoms with Crippen molar-refractivity contribution in [3.8, 4) is 0 Å². The molecule has 3 atom stereocenters. The molecular formula is C23H30N2O6S. The van der Waals surface area contributed by atoms with E-state index >= 15 is 0 Å². The number of amides is 2. The Bertz CT molecular complexity index is 862. The van der Waals surface area contributed by atoms with Crippen LogP contribution in [0.15, 0.2) is 24.3 Å². The van der Waals surface area contributed by atoms with Crippen LogP contribution >= 0.6 is 11.8 Å². The number of ether oxygens (including phenoxy) is 2. The van der Waals surface area contributed by atoms with Crippen LogP contribution in [0.4, 0.5) is 0 Å². The molecule has 2 amide bonds. The summed E-state index contributed by atoms with van der Waals surface area (Å²) in [5.41, 5.74) is -0.142. The van der Waals surface area contributed by atoms with Crippen molar-refractivity contribution in [3.63, 3.8) is 0 Å². The number of hydrogen-bond donors (Lipinski definition) is 1. The van der Waals surface area contributed by atoms with Gasteiger partial charge in [-0.1, -0.05) is 12.1 Å². The summed E-state index contributed by atoms with van der Waals surface area (Å²) in [6.45, 7) is 7.36. The van der Waals surface area contributed by atoms with E-state index in [0.717, 1.165) is 4.90 Å². The number of rotatable bonds is 8. The number of carbonyl (C=O) groups is 4. The summed E-state index contributed by atoms with van der Waals surface area (Å²) in [4.78, 5) is 51.8. The van der Waals surface area contributed by atoms with E-state index in [1.165, 1.54) is 0 Å². The van der Waals surface area contributed by atoms with Gasteiger partial charge in [0.2, 0.25) is 0 Å². The molecule has 0 saturated carbocycles. The highest BCUT2D eigenvalue weighted by Gasteiger charge is 2.44. The Morgan fingerprint density at radius 3 is 2.38 bits per heavy atom. The predicted molar refractivity (Wildman–Crippen MR) is 120 cm³/mol. The maximum atomic E-state index is 13.0. The third kappa shape index (κ3) is 5.50. The third-order valence-corrected chi connectivity index (χ3v) is 6.48. The summed E-state index contributed by atoms with van der Waals surface area (Å²) in [6.07, 6.45) is 1.52. The van der Waals surface area contributed by atoms with Gasteiger partial charge in [-0.25, -0.2) is 4.79 Å². The van der Waals surface area contributed by atoms with E-state index in [-0.39, 0.29) is 23.8 Å². The Kier molecular flexibility index (Phi) is 7.61. The van der Waals surface area contributed by atoms with E-state index in [0.29, 0.717) is 36.3 Å². The van der Waals surface area contributed by atoms with Gasteiger partial charge >= 0.3 is 11.9 Å². The molecule has 0 radical (unpaired) electrons.